The molecule has 31 heavy (non-hydrogen) atoms. The first kappa shape index (κ1) is 24.1. The summed E-state index contributed by atoms with van der Waals surface area (Å²) in [6.45, 7) is 11.3. The molecule has 8 heteroatoms. The number of hydrogen-bond acceptors (Lipinski definition) is 6. The van der Waals surface area contributed by atoms with E-state index in [0.717, 1.165) is 19.3 Å². The number of unbranched alkanes of at least 4 members (excludes halogenated alkanes) is 1. The fourth-order valence-electron chi connectivity index (χ4n) is 5.76. The van der Waals surface area contributed by atoms with Gasteiger partial charge in [0.05, 0.1) is 23.2 Å². The fourth-order valence-corrected chi connectivity index (χ4v) is 8.16. The molecule has 0 aromatic carbocycles. The van der Waals surface area contributed by atoms with Crippen molar-refractivity contribution in [2.24, 2.45) is 17.8 Å². The number of likely N-dealkylation sites (tertiary alicyclic amines) is 1. The molecule has 0 radical (unpaired) electrons. The summed E-state index contributed by atoms with van der Waals surface area (Å²) in [5, 5.41) is 9.42. The molecule has 3 aliphatic rings. The topological polar surface area (TPSA) is 87.2 Å². The monoisotopic (exact) mass is 452 g/mol. The van der Waals surface area contributed by atoms with E-state index in [1.165, 1.54) is 0 Å². The third kappa shape index (κ3) is 3.90. The van der Waals surface area contributed by atoms with Gasteiger partial charge < -0.3 is 19.6 Å². The molecule has 1 N–H and O–H groups in total. The summed E-state index contributed by atoms with van der Waals surface area (Å²) < 4.78 is 4.72. The van der Waals surface area contributed by atoms with Crippen molar-refractivity contribution in [3.63, 3.8) is 0 Å². The zero-order valence-corrected chi connectivity index (χ0v) is 19.7. The summed E-state index contributed by atoms with van der Waals surface area (Å²) >= 11 is 1.66. The van der Waals surface area contributed by atoms with Gasteiger partial charge in [0.25, 0.3) is 0 Å². The van der Waals surface area contributed by atoms with Crippen LogP contribution in [-0.2, 0) is 19.1 Å². The maximum absolute atomic E-state index is 13.9. The fraction of sp³-hybridized carbons (Fsp3) is 0.783. The summed E-state index contributed by atoms with van der Waals surface area (Å²) in [6, 6.07) is -0.627. The molecule has 0 saturated carbocycles. The second kappa shape index (κ2) is 9.94. The number of nitrogens with zero attached hydrogens (tertiary/aromatic N) is 2. The van der Waals surface area contributed by atoms with Crippen molar-refractivity contribution in [1.82, 2.24) is 9.80 Å². The highest BCUT2D eigenvalue weighted by molar-refractivity contribution is 8.02. The van der Waals surface area contributed by atoms with E-state index in [1.54, 1.807) is 34.6 Å². The Balaban J connectivity index is 2.03. The molecule has 174 valence electrons. The van der Waals surface area contributed by atoms with Crippen LogP contribution in [0.25, 0.3) is 0 Å². The SMILES string of the molecule is C=CCN(CCCC)C(=O)C1N(CCCO)C(=O)[C@@H]2[C@@H](C(=O)OCC)[C@H]3CC(C)C12S3. The first-order valence-corrected chi connectivity index (χ1v) is 12.4. The molecule has 3 fully saturated rings. The quantitative estimate of drug-likeness (QED) is 0.382. The van der Waals surface area contributed by atoms with E-state index >= 15 is 0 Å². The van der Waals surface area contributed by atoms with E-state index in [0.29, 0.717) is 26.1 Å². The Morgan fingerprint density at radius 3 is 2.74 bits per heavy atom. The molecule has 3 heterocycles. The van der Waals surface area contributed by atoms with Gasteiger partial charge >= 0.3 is 5.97 Å². The standard InChI is InChI=1S/C23H36N2O5S/c1-5-8-11-24(10-6-2)21(28)19-23-15(4)14-16(31-23)17(22(29)30-7-3)18(23)20(27)25(19)12-9-13-26/h6,15-19,26H,2,5,7-14H2,1,3-4H3/t15?,16-,17+,18+,19?,23?/m1/s1. The van der Waals surface area contributed by atoms with Crippen molar-refractivity contribution in [3.8, 4) is 0 Å². The lowest BCUT2D eigenvalue weighted by Crippen LogP contribution is -2.57. The van der Waals surface area contributed by atoms with E-state index in [-0.39, 0.29) is 42.2 Å². The molecule has 3 rings (SSSR count). The minimum absolute atomic E-state index is 0.00166. The van der Waals surface area contributed by atoms with Gasteiger partial charge in [-0.2, -0.15) is 0 Å². The van der Waals surface area contributed by atoms with Crippen molar-refractivity contribution < 1.29 is 24.2 Å². The molecule has 0 aromatic rings. The van der Waals surface area contributed by atoms with Crippen LogP contribution in [0.5, 0.6) is 0 Å². The highest BCUT2D eigenvalue weighted by Crippen LogP contribution is 2.68. The molecular formula is C23H36N2O5S. The minimum atomic E-state index is -0.628. The van der Waals surface area contributed by atoms with Gasteiger partial charge in [0.2, 0.25) is 11.8 Å². The van der Waals surface area contributed by atoms with Crippen molar-refractivity contribution in [3.05, 3.63) is 12.7 Å². The van der Waals surface area contributed by atoms with Crippen molar-refractivity contribution in [2.75, 3.05) is 32.8 Å². The molecule has 2 amide bonds. The highest BCUT2D eigenvalue weighted by Gasteiger charge is 2.76. The molecule has 3 saturated heterocycles. The number of thioether (sulfide) groups is 1. The number of aliphatic hydroxyl groups is 1. The van der Waals surface area contributed by atoms with Crippen molar-refractivity contribution in [1.29, 1.82) is 0 Å². The normalized spacial score (nSPS) is 33.5. The molecule has 3 aliphatic heterocycles. The van der Waals surface area contributed by atoms with Gasteiger partial charge in [-0.1, -0.05) is 26.3 Å². The predicted molar refractivity (Wildman–Crippen MR) is 120 cm³/mol. The average Bonchev–Trinajstić information content (AvgIpc) is 3.33. The van der Waals surface area contributed by atoms with Crippen LogP contribution in [0.3, 0.4) is 0 Å². The van der Waals surface area contributed by atoms with E-state index in [4.69, 9.17) is 4.74 Å². The van der Waals surface area contributed by atoms with E-state index in [1.807, 2.05) is 0 Å². The maximum atomic E-state index is 13.9. The molecule has 7 nitrogen and oxygen atoms in total. The summed E-state index contributed by atoms with van der Waals surface area (Å²) in [6.07, 6.45) is 4.77. The van der Waals surface area contributed by atoms with Gasteiger partial charge in [-0.3, -0.25) is 14.4 Å². The zero-order valence-electron chi connectivity index (χ0n) is 18.9. The van der Waals surface area contributed by atoms with Crippen LogP contribution >= 0.6 is 11.8 Å². The van der Waals surface area contributed by atoms with E-state index in [2.05, 4.69) is 20.4 Å². The lowest BCUT2D eigenvalue weighted by molar-refractivity contribution is -0.154. The smallest absolute Gasteiger partial charge is 0.310 e. The van der Waals surface area contributed by atoms with Gasteiger partial charge in [0.15, 0.2) is 0 Å². The largest absolute Gasteiger partial charge is 0.466 e. The van der Waals surface area contributed by atoms with E-state index < -0.39 is 22.6 Å². The summed E-state index contributed by atoms with van der Waals surface area (Å²) in [7, 11) is 0. The zero-order chi connectivity index (χ0) is 22.8. The summed E-state index contributed by atoms with van der Waals surface area (Å²) in [4.78, 5) is 43.9. The van der Waals surface area contributed by atoms with Gasteiger partial charge in [0.1, 0.15) is 6.04 Å². The first-order chi connectivity index (χ1) is 14.9. The van der Waals surface area contributed by atoms with Gasteiger partial charge in [-0.25, -0.2) is 0 Å². The van der Waals surface area contributed by atoms with Crippen molar-refractivity contribution in [2.45, 2.75) is 62.5 Å². The van der Waals surface area contributed by atoms with Gasteiger partial charge in [0, 0.05) is 31.5 Å². The Labute approximate surface area is 189 Å². The second-order valence-corrected chi connectivity index (χ2v) is 10.4. The van der Waals surface area contributed by atoms with Crippen molar-refractivity contribution >= 4 is 29.5 Å². The molecule has 2 bridgehead atoms. The number of rotatable bonds is 11. The first-order valence-electron chi connectivity index (χ1n) is 11.5. The molecular weight excluding hydrogens is 416 g/mol. The summed E-state index contributed by atoms with van der Waals surface area (Å²) in [5.41, 5.74) is 0. The molecule has 0 aliphatic carbocycles. The predicted octanol–water partition coefficient (Wildman–Crippen LogP) is 2.08. The Bertz CT molecular complexity index is 716. The highest BCUT2D eigenvalue weighted by atomic mass is 32.2. The number of fused-ring (bicyclic) bond motifs is 1. The molecule has 0 aromatic heterocycles. The maximum Gasteiger partial charge on any atom is 0.310 e. The van der Waals surface area contributed by atoms with Crippen LogP contribution < -0.4 is 0 Å². The van der Waals surface area contributed by atoms with E-state index in [9.17, 15) is 19.5 Å². The third-order valence-corrected chi connectivity index (χ3v) is 9.11. The van der Waals surface area contributed by atoms with Crippen LogP contribution in [0.2, 0.25) is 0 Å². The van der Waals surface area contributed by atoms with Gasteiger partial charge in [-0.15, -0.1) is 18.3 Å². The second-order valence-electron chi connectivity index (χ2n) is 8.84. The lowest BCUT2D eigenvalue weighted by Gasteiger charge is -2.40. The number of amides is 2. The van der Waals surface area contributed by atoms with Crippen LogP contribution in [-0.4, -0.2) is 81.6 Å². The number of hydrogen-bond donors (Lipinski definition) is 1. The van der Waals surface area contributed by atoms with Crippen LogP contribution in [0.15, 0.2) is 12.7 Å². The van der Waals surface area contributed by atoms with Crippen LogP contribution in [0.4, 0.5) is 0 Å². The Morgan fingerprint density at radius 2 is 2.13 bits per heavy atom. The molecule has 1 spiro atoms. The number of carbonyl (C=O) groups excluding carboxylic acids is 3. The molecule has 3 unspecified atom stereocenters. The Hall–Kier alpha value is -1.54. The third-order valence-electron chi connectivity index (χ3n) is 7.04. The molecule has 6 atom stereocenters. The summed E-state index contributed by atoms with van der Waals surface area (Å²) in [5.74, 6) is -1.45. The minimum Gasteiger partial charge on any atom is -0.466 e. The number of ether oxygens (including phenoxy) is 1. The van der Waals surface area contributed by atoms with Crippen LogP contribution in [0.1, 0.15) is 46.5 Å². The van der Waals surface area contributed by atoms with Crippen LogP contribution in [0, 0.1) is 17.8 Å². The average molecular weight is 453 g/mol. The Kier molecular flexibility index (Phi) is 7.73. The lowest BCUT2D eigenvalue weighted by atomic mass is 9.66. The number of aliphatic hydroxyl groups excluding tert-OH is 1. The number of carbonyl (C=O) groups is 3. The number of esters is 1. The Morgan fingerprint density at radius 1 is 1.39 bits per heavy atom. The van der Waals surface area contributed by atoms with Gasteiger partial charge in [-0.05, 0) is 32.1 Å².